The first-order valence-corrected chi connectivity index (χ1v) is 8.24. The van der Waals surface area contributed by atoms with Gasteiger partial charge in [-0.15, -0.1) is 0 Å². The second-order valence-corrected chi connectivity index (χ2v) is 6.05. The summed E-state index contributed by atoms with van der Waals surface area (Å²) < 4.78 is 1.91. The minimum Gasteiger partial charge on any atom is -0.310 e. The molecule has 0 bridgehead atoms. The number of anilines is 1. The zero-order valence-corrected chi connectivity index (χ0v) is 14.3. The summed E-state index contributed by atoms with van der Waals surface area (Å²) in [4.78, 5) is 42.2. The van der Waals surface area contributed by atoms with Crippen molar-refractivity contribution >= 4 is 34.7 Å². The van der Waals surface area contributed by atoms with E-state index in [2.05, 4.69) is 10.3 Å². The molecule has 0 spiro atoms. The third kappa shape index (κ3) is 2.28. The lowest BCUT2D eigenvalue weighted by Gasteiger charge is -2.08. The van der Waals surface area contributed by atoms with Gasteiger partial charge in [0, 0.05) is 19.2 Å². The SMILES string of the molecule is CCn1c(NC(=O)c2ccc3c(c2)C(=O)N(C)C3=O)nc2ccccc21. The summed E-state index contributed by atoms with van der Waals surface area (Å²) in [5, 5.41) is 2.80. The normalized spacial score (nSPS) is 13.4. The Hall–Kier alpha value is -3.48. The highest BCUT2D eigenvalue weighted by Crippen LogP contribution is 2.24. The van der Waals surface area contributed by atoms with Crippen LogP contribution in [-0.2, 0) is 6.54 Å². The minimum absolute atomic E-state index is 0.245. The number of carbonyl (C=O) groups is 3. The van der Waals surface area contributed by atoms with Crippen molar-refractivity contribution in [2.75, 3.05) is 12.4 Å². The number of hydrogen-bond donors (Lipinski definition) is 1. The molecule has 7 nitrogen and oxygen atoms in total. The first-order chi connectivity index (χ1) is 12.5. The molecule has 0 aliphatic carbocycles. The predicted octanol–water partition coefficient (Wildman–Crippen LogP) is 2.53. The van der Waals surface area contributed by atoms with Crippen LogP contribution in [0.5, 0.6) is 0 Å². The van der Waals surface area contributed by atoms with Gasteiger partial charge in [-0.3, -0.25) is 24.6 Å². The Balaban J connectivity index is 1.68. The van der Waals surface area contributed by atoms with Gasteiger partial charge >= 0.3 is 0 Å². The molecular formula is C19H16N4O3. The molecule has 4 rings (SSSR count). The second-order valence-electron chi connectivity index (χ2n) is 6.05. The van der Waals surface area contributed by atoms with Crippen LogP contribution < -0.4 is 5.32 Å². The number of benzene rings is 2. The predicted molar refractivity (Wildman–Crippen MR) is 96.2 cm³/mol. The smallest absolute Gasteiger partial charge is 0.261 e. The first-order valence-electron chi connectivity index (χ1n) is 8.24. The lowest BCUT2D eigenvalue weighted by molar-refractivity contribution is 0.0693. The molecule has 1 aliphatic rings. The maximum atomic E-state index is 12.7. The number of para-hydroxylation sites is 2. The van der Waals surface area contributed by atoms with Gasteiger partial charge in [0.1, 0.15) is 0 Å². The molecule has 7 heteroatoms. The molecule has 0 saturated carbocycles. The standard InChI is InChI=1S/C19H16N4O3/c1-3-23-15-7-5-4-6-14(15)20-19(23)21-16(24)11-8-9-12-13(10-11)18(26)22(2)17(12)25/h4-10H,3H2,1-2H3,(H,20,21,24). The van der Waals surface area contributed by atoms with E-state index in [1.165, 1.54) is 25.2 Å². The maximum absolute atomic E-state index is 12.7. The molecule has 0 atom stereocenters. The van der Waals surface area contributed by atoms with Gasteiger partial charge < -0.3 is 4.57 Å². The highest BCUT2D eigenvalue weighted by atomic mass is 16.2. The van der Waals surface area contributed by atoms with Crippen LogP contribution in [0.1, 0.15) is 38.0 Å². The van der Waals surface area contributed by atoms with Crippen molar-refractivity contribution in [3.05, 3.63) is 59.2 Å². The number of nitrogens with one attached hydrogen (secondary N) is 1. The molecule has 0 saturated heterocycles. The summed E-state index contributed by atoms with van der Waals surface area (Å²) >= 11 is 0. The van der Waals surface area contributed by atoms with Crippen LogP contribution in [0.25, 0.3) is 11.0 Å². The molecule has 2 heterocycles. The van der Waals surface area contributed by atoms with Crippen molar-refractivity contribution in [3.63, 3.8) is 0 Å². The molecule has 2 aromatic carbocycles. The monoisotopic (exact) mass is 348 g/mol. The van der Waals surface area contributed by atoms with Gasteiger partial charge in [-0.25, -0.2) is 4.98 Å². The highest BCUT2D eigenvalue weighted by molar-refractivity contribution is 6.22. The molecule has 0 radical (unpaired) electrons. The van der Waals surface area contributed by atoms with E-state index in [-0.39, 0.29) is 17.4 Å². The van der Waals surface area contributed by atoms with Gasteiger partial charge in [0.15, 0.2) is 0 Å². The number of amides is 3. The summed E-state index contributed by atoms with van der Waals surface area (Å²) in [6, 6.07) is 12.1. The summed E-state index contributed by atoms with van der Waals surface area (Å²) in [7, 11) is 1.42. The van der Waals surface area contributed by atoms with E-state index in [1.54, 1.807) is 0 Å². The number of carbonyl (C=O) groups excluding carboxylic acids is 3. The Kier molecular flexibility index (Phi) is 3.57. The number of imide groups is 1. The molecule has 1 N–H and O–H groups in total. The van der Waals surface area contributed by atoms with Gasteiger partial charge in [0.25, 0.3) is 17.7 Å². The zero-order chi connectivity index (χ0) is 18.4. The van der Waals surface area contributed by atoms with E-state index in [4.69, 9.17) is 0 Å². The van der Waals surface area contributed by atoms with Crippen molar-refractivity contribution in [2.24, 2.45) is 0 Å². The molecule has 0 fully saturated rings. The third-order valence-corrected chi connectivity index (χ3v) is 4.55. The largest absolute Gasteiger partial charge is 0.310 e. The number of fused-ring (bicyclic) bond motifs is 2. The van der Waals surface area contributed by atoms with Crippen molar-refractivity contribution in [1.29, 1.82) is 0 Å². The Labute approximate surface area is 149 Å². The van der Waals surface area contributed by atoms with E-state index < -0.39 is 5.91 Å². The fourth-order valence-electron chi connectivity index (χ4n) is 3.17. The zero-order valence-electron chi connectivity index (χ0n) is 14.3. The van der Waals surface area contributed by atoms with Crippen molar-refractivity contribution < 1.29 is 14.4 Å². The molecule has 130 valence electrons. The summed E-state index contributed by atoms with van der Waals surface area (Å²) in [5.74, 6) is -0.698. The Morgan fingerprint density at radius 1 is 1.08 bits per heavy atom. The highest BCUT2D eigenvalue weighted by Gasteiger charge is 2.33. The van der Waals surface area contributed by atoms with Crippen LogP contribution in [0.3, 0.4) is 0 Å². The first kappa shape index (κ1) is 16.0. The average Bonchev–Trinajstić information content (AvgIpc) is 3.11. The van der Waals surface area contributed by atoms with Crippen molar-refractivity contribution in [2.45, 2.75) is 13.5 Å². The van der Waals surface area contributed by atoms with Gasteiger partial charge in [0.2, 0.25) is 5.95 Å². The van der Waals surface area contributed by atoms with Crippen molar-refractivity contribution in [1.82, 2.24) is 14.5 Å². The lowest BCUT2D eigenvalue weighted by atomic mass is 10.1. The molecule has 0 unspecified atom stereocenters. The van der Waals surface area contributed by atoms with Gasteiger partial charge in [-0.05, 0) is 37.3 Å². The quantitative estimate of drug-likeness (QED) is 0.737. The molecule has 3 aromatic rings. The van der Waals surface area contributed by atoms with E-state index in [9.17, 15) is 14.4 Å². The minimum atomic E-state index is -0.402. The number of nitrogens with zero attached hydrogens (tertiary/aromatic N) is 3. The van der Waals surface area contributed by atoms with Crippen molar-refractivity contribution in [3.8, 4) is 0 Å². The van der Waals surface area contributed by atoms with E-state index in [0.717, 1.165) is 15.9 Å². The summed E-state index contributed by atoms with van der Waals surface area (Å²) in [5.41, 5.74) is 2.58. The second kappa shape index (κ2) is 5.80. The number of aromatic nitrogens is 2. The van der Waals surface area contributed by atoms with Crippen LogP contribution >= 0.6 is 0 Å². The molecule has 1 aromatic heterocycles. The van der Waals surface area contributed by atoms with Crippen LogP contribution in [-0.4, -0.2) is 39.2 Å². The fourth-order valence-corrected chi connectivity index (χ4v) is 3.17. The van der Waals surface area contributed by atoms with E-state index in [0.29, 0.717) is 23.6 Å². The summed E-state index contributed by atoms with van der Waals surface area (Å²) in [6.07, 6.45) is 0. The van der Waals surface area contributed by atoms with Crippen LogP contribution in [0.2, 0.25) is 0 Å². The van der Waals surface area contributed by atoms with Gasteiger partial charge in [0.05, 0.1) is 22.2 Å². The maximum Gasteiger partial charge on any atom is 0.261 e. The number of rotatable bonds is 3. The van der Waals surface area contributed by atoms with Gasteiger partial charge in [-0.1, -0.05) is 12.1 Å². The number of imidazole rings is 1. The van der Waals surface area contributed by atoms with E-state index >= 15 is 0 Å². The van der Waals surface area contributed by atoms with Gasteiger partial charge in [-0.2, -0.15) is 0 Å². The Bertz CT molecular complexity index is 1080. The Morgan fingerprint density at radius 2 is 1.81 bits per heavy atom. The molecule has 3 amide bonds. The van der Waals surface area contributed by atoms with Crippen LogP contribution in [0, 0.1) is 0 Å². The lowest BCUT2D eigenvalue weighted by Crippen LogP contribution is -2.24. The molecule has 1 aliphatic heterocycles. The molecule has 26 heavy (non-hydrogen) atoms. The number of hydrogen-bond acceptors (Lipinski definition) is 4. The third-order valence-electron chi connectivity index (χ3n) is 4.55. The fraction of sp³-hybridized carbons (Fsp3) is 0.158. The average molecular weight is 348 g/mol. The number of aryl methyl sites for hydroxylation is 1. The van der Waals surface area contributed by atoms with Crippen LogP contribution in [0.4, 0.5) is 5.95 Å². The summed E-state index contributed by atoms with van der Waals surface area (Å²) in [6.45, 7) is 2.62. The molecular weight excluding hydrogens is 332 g/mol. The Morgan fingerprint density at radius 3 is 2.58 bits per heavy atom. The van der Waals surface area contributed by atoms with Crippen LogP contribution in [0.15, 0.2) is 42.5 Å². The van der Waals surface area contributed by atoms with E-state index in [1.807, 2.05) is 35.8 Å². The topological polar surface area (TPSA) is 84.3 Å².